The number of nitrogens with one attached hydrogen (secondary N) is 1. The third-order valence-corrected chi connectivity index (χ3v) is 2.59. The predicted molar refractivity (Wildman–Crippen MR) is 53.8 cm³/mol. The van der Waals surface area contributed by atoms with Gasteiger partial charge < -0.3 is 10.4 Å². The Morgan fingerprint density at radius 2 is 2.20 bits per heavy atom. The van der Waals surface area contributed by atoms with E-state index in [9.17, 15) is 4.39 Å². The molecule has 3 nitrogen and oxygen atoms in total. The second kappa shape index (κ2) is 3.52. The first-order valence-electron chi connectivity index (χ1n) is 4.77. The Bertz CT molecular complexity index is 421. The predicted octanol–water partition coefficient (Wildman–Crippen LogP) is 1.63. The molecule has 1 aliphatic carbocycles. The Balaban J connectivity index is 2.22. The second-order valence-corrected chi connectivity index (χ2v) is 3.90. The van der Waals surface area contributed by atoms with Crippen LogP contribution in [0.2, 0.25) is 0 Å². The summed E-state index contributed by atoms with van der Waals surface area (Å²) < 4.78 is 13.1. The molecule has 2 N–H and O–H groups in total. The largest absolute Gasteiger partial charge is 0.394 e. The van der Waals surface area contributed by atoms with Crippen LogP contribution in [-0.2, 0) is 0 Å². The highest BCUT2D eigenvalue weighted by molar-refractivity contribution is 5.52. The molecular formula is C11H11FN2O. The summed E-state index contributed by atoms with van der Waals surface area (Å²) >= 11 is 0. The Labute approximate surface area is 87.2 Å². The number of benzene rings is 1. The van der Waals surface area contributed by atoms with Crippen molar-refractivity contribution in [3.05, 3.63) is 29.6 Å². The Morgan fingerprint density at radius 3 is 2.73 bits per heavy atom. The molecule has 0 aromatic heterocycles. The molecule has 1 aromatic carbocycles. The van der Waals surface area contributed by atoms with Crippen LogP contribution in [0.25, 0.3) is 0 Å². The highest BCUT2D eigenvalue weighted by atomic mass is 19.1. The fourth-order valence-electron chi connectivity index (χ4n) is 1.51. The van der Waals surface area contributed by atoms with Crippen molar-refractivity contribution in [1.29, 1.82) is 5.26 Å². The van der Waals surface area contributed by atoms with Gasteiger partial charge in [-0.1, -0.05) is 0 Å². The quantitative estimate of drug-likeness (QED) is 0.790. The summed E-state index contributed by atoms with van der Waals surface area (Å²) in [6.45, 7) is 0.0331. The van der Waals surface area contributed by atoms with Crippen molar-refractivity contribution in [3.8, 4) is 6.07 Å². The van der Waals surface area contributed by atoms with Crippen LogP contribution in [0.3, 0.4) is 0 Å². The number of nitriles is 1. The maximum Gasteiger partial charge on any atom is 0.126 e. The zero-order valence-electron chi connectivity index (χ0n) is 8.13. The molecule has 0 saturated heterocycles. The van der Waals surface area contributed by atoms with E-state index in [0.29, 0.717) is 5.69 Å². The molecule has 1 fully saturated rings. The molecule has 0 atom stereocenters. The molecule has 0 bridgehead atoms. The molecule has 0 heterocycles. The summed E-state index contributed by atoms with van der Waals surface area (Å²) in [5, 5.41) is 20.8. The van der Waals surface area contributed by atoms with Gasteiger partial charge in [0.1, 0.15) is 5.82 Å². The smallest absolute Gasteiger partial charge is 0.126 e. The van der Waals surface area contributed by atoms with Gasteiger partial charge in [0.05, 0.1) is 23.8 Å². The van der Waals surface area contributed by atoms with Crippen LogP contribution < -0.4 is 5.32 Å². The molecule has 2 rings (SSSR count). The van der Waals surface area contributed by atoms with E-state index >= 15 is 0 Å². The van der Waals surface area contributed by atoms with Gasteiger partial charge in [0.25, 0.3) is 0 Å². The lowest BCUT2D eigenvalue weighted by Gasteiger charge is -2.15. The molecule has 78 valence electrons. The summed E-state index contributed by atoms with van der Waals surface area (Å²) in [6.07, 6.45) is 1.75. The zero-order chi connectivity index (χ0) is 10.9. The molecule has 1 aromatic rings. The molecule has 15 heavy (non-hydrogen) atoms. The van der Waals surface area contributed by atoms with Crippen molar-refractivity contribution < 1.29 is 9.50 Å². The highest BCUT2D eigenvalue weighted by Gasteiger charge is 2.42. The van der Waals surface area contributed by atoms with E-state index < -0.39 is 5.82 Å². The van der Waals surface area contributed by atoms with Gasteiger partial charge in [0, 0.05) is 5.69 Å². The molecule has 0 radical (unpaired) electrons. The number of hydrogen-bond donors (Lipinski definition) is 2. The minimum atomic E-state index is -0.440. The zero-order valence-corrected chi connectivity index (χ0v) is 8.13. The van der Waals surface area contributed by atoms with Crippen molar-refractivity contribution in [3.63, 3.8) is 0 Å². The van der Waals surface area contributed by atoms with Gasteiger partial charge in [-0.25, -0.2) is 4.39 Å². The van der Waals surface area contributed by atoms with Crippen molar-refractivity contribution in [2.24, 2.45) is 0 Å². The standard InChI is InChI=1S/C11H11FN2O/c12-9-3-8(6-13)4-10(5-9)14-11(7-15)1-2-11/h3-5,14-15H,1-2,7H2. The Morgan fingerprint density at radius 1 is 1.47 bits per heavy atom. The van der Waals surface area contributed by atoms with Crippen molar-refractivity contribution in [2.45, 2.75) is 18.4 Å². The molecule has 0 unspecified atom stereocenters. The normalized spacial score (nSPS) is 16.9. The summed E-state index contributed by atoms with van der Waals surface area (Å²) in [5.74, 6) is -0.440. The number of nitrogens with zero attached hydrogens (tertiary/aromatic N) is 1. The van der Waals surface area contributed by atoms with Gasteiger partial charge in [0.15, 0.2) is 0 Å². The molecule has 0 amide bonds. The van der Waals surface area contributed by atoms with E-state index in [1.807, 2.05) is 6.07 Å². The van der Waals surface area contributed by atoms with Crippen LogP contribution in [0.15, 0.2) is 18.2 Å². The van der Waals surface area contributed by atoms with Crippen LogP contribution in [0.4, 0.5) is 10.1 Å². The van der Waals surface area contributed by atoms with Crippen LogP contribution in [0.5, 0.6) is 0 Å². The number of hydrogen-bond acceptors (Lipinski definition) is 3. The van der Waals surface area contributed by atoms with Crippen molar-refractivity contribution in [2.75, 3.05) is 11.9 Å². The van der Waals surface area contributed by atoms with E-state index in [-0.39, 0.29) is 17.7 Å². The van der Waals surface area contributed by atoms with E-state index in [2.05, 4.69) is 5.32 Å². The van der Waals surface area contributed by atoms with Gasteiger partial charge in [-0.2, -0.15) is 5.26 Å². The Kier molecular flexibility index (Phi) is 2.33. The van der Waals surface area contributed by atoms with Crippen LogP contribution in [-0.4, -0.2) is 17.3 Å². The topological polar surface area (TPSA) is 56.0 Å². The summed E-state index contributed by atoms with van der Waals surface area (Å²) in [6, 6.07) is 5.99. The number of aliphatic hydroxyl groups is 1. The van der Waals surface area contributed by atoms with Gasteiger partial charge in [0.2, 0.25) is 0 Å². The Hall–Kier alpha value is -1.60. The fourth-order valence-corrected chi connectivity index (χ4v) is 1.51. The first-order valence-corrected chi connectivity index (χ1v) is 4.77. The number of anilines is 1. The lowest BCUT2D eigenvalue weighted by molar-refractivity contribution is 0.266. The lowest BCUT2D eigenvalue weighted by Crippen LogP contribution is -2.25. The molecule has 0 spiro atoms. The second-order valence-electron chi connectivity index (χ2n) is 3.90. The van der Waals surface area contributed by atoms with Gasteiger partial charge >= 0.3 is 0 Å². The average Bonchev–Trinajstić information content (AvgIpc) is 2.97. The number of halogens is 1. The van der Waals surface area contributed by atoms with Crippen molar-refractivity contribution in [1.82, 2.24) is 0 Å². The van der Waals surface area contributed by atoms with Crippen LogP contribution in [0.1, 0.15) is 18.4 Å². The summed E-state index contributed by atoms with van der Waals surface area (Å²) in [5.41, 5.74) is 0.546. The average molecular weight is 206 g/mol. The number of aliphatic hydroxyl groups excluding tert-OH is 1. The van der Waals surface area contributed by atoms with E-state index in [1.54, 1.807) is 6.07 Å². The van der Waals surface area contributed by atoms with E-state index in [1.165, 1.54) is 12.1 Å². The van der Waals surface area contributed by atoms with Gasteiger partial charge in [-0.15, -0.1) is 0 Å². The van der Waals surface area contributed by atoms with Gasteiger partial charge in [-0.05, 0) is 31.0 Å². The molecule has 4 heteroatoms. The molecule has 0 aliphatic heterocycles. The maximum absolute atomic E-state index is 13.1. The van der Waals surface area contributed by atoms with Crippen LogP contribution >= 0.6 is 0 Å². The van der Waals surface area contributed by atoms with E-state index in [4.69, 9.17) is 10.4 Å². The highest BCUT2D eigenvalue weighted by Crippen LogP contribution is 2.38. The summed E-state index contributed by atoms with van der Waals surface area (Å²) in [7, 11) is 0. The molecule has 1 saturated carbocycles. The maximum atomic E-state index is 13.1. The first-order chi connectivity index (χ1) is 7.17. The van der Waals surface area contributed by atoms with Crippen molar-refractivity contribution >= 4 is 5.69 Å². The lowest BCUT2D eigenvalue weighted by atomic mass is 10.2. The molecule has 1 aliphatic rings. The fraction of sp³-hybridized carbons (Fsp3) is 0.364. The summed E-state index contributed by atoms with van der Waals surface area (Å²) in [4.78, 5) is 0. The van der Waals surface area contributed by atoms with Gasteiger partial charge in [-0.3, -0.25) is 0 Å². The van der Waals surface area contributed by atoms with Crippen LogP contribution in [0, 0.1) is 17.1 Å². The molecular weight excluding hydrogens is 195 g/mol. The first kappa shape index (κ1) is 9.94. The van der Waals surface area contributed by atoms with E-state index in [0.717, 1.165) is 12.8 Å². The number of rotatable bonds is 3. The minimum absolute atomic E-state index is 0.0331. The third-order valence-electron chi connectivity index (χ3n) is 2.59. The third kappa shape index (κ3) is 2.08. The monoisotopic (exact) mass is 206 g/mol. The minimum Gasteiger partial charge on any atom is -0.394 e. The SMILES string of the molecule is N#Cc1cc(F)cc(NC2(CO)CC2)c1.